The molecule has 5 heteroatoms. The largest absolute Gasteiger partial charge is 0.348 e. The zero-order valence-corrected chi connectivity index (χ0v) is 10.8. The highest BCUT2D eigenvalue weighted by Crippen LogP contribution is 2.34. The lowest BCUT2D eigenvalue weighted by Gasteiger charge is -2.38. The standard InChI is InChI=1S/C14H17FN4/c1-19-11(7-16)6-12-13(18-8-17-12)14(19)9-3-2-4-10(15)5-9/h2-5,8,11,14H,6-7,16H2,1H3,(H,17,18). The minimum atomic E-state index is -0.224. The van der Waals surface area contributed by atoms with Crippen molar-refractivity contribution in [1.82, 2.24) is 14.9 Å². The second kappa shape index (κ2) is 4.75. The Labute approximate surface area is 111 Å². The summed E-state index contributed by atoms with van der Waals surface area (Å²) in [6.07, 6.45) is 2.55. The zero-order valence-electron chi connectivity index (χ0n) is 10.8. The number of rotatable bonds is 2. The summed E-state index contributed by atoms with van der Waals surface area (Å²) < 4.78 is 13.5. The first-order valence-electron chi connectivity index (χ1n) is 6.40. The molecule has 1 aliphatic heterocycles. The third-order valence-corrected chi connectivity index (χ3v) is 3.87. The van der Waals surface area contributed by atoms with Crippen molar-refractivity contribution >= 4 is 0 Å². The van der Waals surface area contributed by atoms with E-state index >= 15 is 0 Å². The molecule has 19 heavy (non-hydrogen) atoms. The van der Waals surface area contributed by atoms with Gasteiger partial charge in [-0.15, -0.1) is 0 Å². The number of imidazole rings is 1. The lowest BCUT2D eigenvalue weighted by Crippen LogP contribution is -2.45. The molecule has 2 aromatic rings. The summed E-state index contributed by atoms with van der Waals surface area (Å²) in [7, 11) is 2.02. The quantitative estimate of drug-likeness (QED) is 0.859. The van der Waals surface area contributed by atoms with Crippen molar-refractivity contribution in [2.75, 3.05) is 13.6 Å². The van der Waals surface area contributed by atoms with Gasteiger partial charge in [0.25, 0.3) is 0 Å². The van der Waals surface area contributed by atoms with Gasteiger partial charge < -0.3 is 10.7 Å². The maximum Gasteiger partial charge on any atom is 0.123 e. The smallest absolute Gasteiger partial charge is 0.123 e. The van der Waals surface area contributed by atoms with Crippen LogP contribution in [0, 0.1) is 5.82 Å². The topological polar surface area (TPSA) is 57.9 Å². The van der Waals surface area contributed by atoms with E-state index in [1.165, 1.54) is 6.07 Å². The average Bonchev–Trinajstić information content (AvgIpc) is 2.85. The molecular formula is C14H17FN4. The van der Waals surface area contributed by atoms with E-state index < -0.39 is 0 Å². The van der Waals surface area contributed by atoms with Crippen LogP contribution < -0.4 is 5.73 Å². The molecule has 1 aromatic heterocycles. The van der Waals surface area contributed by atoms with Crippen LogP contribution in [0.15, 0.2) is 30.6 Å². The fourth-order valence-corrected chi connectivity index (χ4v) is 2.83. The van der Waals surface area contributed by atoms with Crippen LogP contribution in [0.1, 0.15) is 23.0 Å². The molecule has 0 radical (unpaired) electrons. The van der Waals surface area contributed by atoms with E-state index in [2.05, 4.69) is 14.9 Å². The Morgan fingerprint density at radius 3 is 3.11 bits per heavy atom. The second-order valence-corrected chi connectivity index (χ2v) is 4.98. The first kappa shape index (κ1) is 12.3. The first-order chi connectivity index (χ1) is 9.20. The van der Waals surface area contributed by atoms with Crippen LogP contribution in [0.3, 0.4) is 0 Å². The molecule has 1 aliphatic rings. The van der Waals surface area contributed by atoms with Gasteiger partial charge in [0, 0.05) is 24.7 Å². The predicted octanol–water partition coefficient (Wildman–Crippen LogP) is 1.45. The molecule has 0 amide bonds. The van der Waals surface area contributed by atoms with E-state index in [0.29, 0.717) is 6.54 Å². The number of hydrogen-bond donors (Lipinski definition) is 2. The van der Waals surface area contributed by atoms with Gasteiger partial charge in [0.1, 0.15) is 5.82 Å². The van der Waals surface area contributed by atoms with Crippen molar-refractivity contribution in [3.05, 3.63) is 53.4 Å². The fraction of sp³-hybridized carbons (Fsp3) is 0.357. The van der Waals surface area contributed by atoms with E-state index in [1.54, 1.807) is 18.5 Å². The van der Waals surface area contributed by atoms with Gasteiger partial charge in [-0.2, -0.15) is 0 Å². The monoisotopic (exact) mass is 260 g/mol. The predicted molar refractivity (Wildman–Crippen MR) is 71.1 cm³/mol. The van der Waals surface area contributed by atoms with Crippen LogP contribution in [0.4, 0.5) is 4.39 Å². The molecule has 4 nitrogen and oxygen atoms in total. The third kappa shape index (κ3) is 2.05. The summed E-state index contributed by atoms with van der Waals surface area (Å²) in [4.78, 5) is 9.75. The van der Waals surface area contributed by atoms with Crippen LogP contribution in [0.25, 0.3) is 0 Å². The molecule has 2 unspecified atom stereocenters. The van der Waals surface area contributed by atoms with E-state index in [-0.39, 0.29) is 17.9 Å². The first-order valence-corrected chi connectivity index (χ1v) is 6.40. The van der Waals surface area contributed by atoms with Crippen molar-refractivity contribution in [1.29, 1.82) is 0 Å². The van der Waals surface area contributed by atoms with Crippen molar-refractivity contribution in [2.24, 2.45) is 5.73 Å². The van der Waals surface area contributed by atoms with Gasteiger partial charge in [0.15, 0.2) is 0 Å². The molecule has 3 rings (SSSR count). The summed E-state index contributed by atoms with van der Waals surface area (Å²) in [5.41, 5.74) is 8.82. The maximum absolute atomic E-state index is 13.5. The number of hydrogen-bond acceptors (Lipinski definition) is 3. The minimum Gasteiger partial charge on any atom is -0.348 e. The average molecular weight is 260 g/mol. The molecule has 1 aromatic carbocycles. The van der Waals surface area contributed by atoms with E-state index in [9.17, 15) is 4.39 Å². The molecule has 2 heterocycles. The minimum absolute atomic E-state index is 0.0424. The number of fused-ring (bicyclic) bond motifs is 1. The Balaban J connectivity index is 2.08. The maximum atomic E-state index is 13.5. The van der Waals surface area contributed by atoms with Crippen molar-refractivity contribution in [2.45, 2.75) is 18.5 Å². The number of aromatic amines is 1. The van der Waals surface area contributed by atoms with Gasteiger partial charge in [0.05, 0.1) is 18.1 Å². The van der Waals surface area contributed by atoms with Crippen molar-refractivity contribution in [3.8, 4) is 0 Å². The summed E-state index contributed by atoms with van der Waals surface area (Å²) in [6.45, 7) is 0.570. The van der Waals surface area contributed by atoms with Gasteiger partial charge in [-0.3, -0.25) is 4.90 Å². The number of aromatic nitrogens is 2. The molecule has 2 atom stereocenters. The van der Waals surface area contributed by atoms with Crippen LogP contribution >= 0.6 is 0 Å². The Hall–Kier alpha value is -1.72. The number of nitrogens with two attached hydrogens (primary N) is 1. The molecule has 100 valence electrons. The summed E-state index contributed by atoms with van der Waals surface area (Å²) in [5.74, 6) is -0.224. The highest BCUT2D eigenvalue weighted by molar-refractivity contribution is 5.33. The van der Waals surface area contributed by atoms with E-state index in [4.69, 9.17) is 5.73 Å². The van der Waals surface area contributed by atoms with Crippen LogP contribution in [0.2, 0.25) is 0 Å². The van der Waals surface area contributed by atoms with Crippen molar-refractivity contribution < 1.29 is 4.39 Å². The van der Waals surface area contributed by atoms with Gasteiger partial charge in [-0.05, 0) is 24.7 Å². The number of halogens is 1. The number of H-pyrrole nitrogens is 1. The normalized spacial score (nSPS) is 23.3. The van der Waals surface area contributed by atoms with Gasteiger partial charge >= 0.3 is 0 Å². The van der Waals surface area contributed by atoms with Crippen LogP contribution in [0.5, 0.6) is 0 Å². The summed E-state index contributed by atoms with van der Waals surface area (Å²) in [6, 6.07) is 6.88. The van der Waals surface area contributed by atoms with E-state index in [1.807, 2.05) is 13.1 Å². The molecule has 0 fully saturated rings. The lowest BCUT2D eigenvalue weighted by molar-refractivity contribution is 0.180. The Morgan fingerprint density at radius 2 is 2.37 bits per heavy atom. The van der Waals surface area contributed by atoms with Crippen LogP contribution in [-0.4, -0.2) is 34.5 Å². The molecular weight excluding hydrogens is 243 g/mol. The Bertz CT molecular complexity index is 580. The van der Waals surface area contributed by atoms with E-state index in [0.717, 1.165) is 23.4 Å². The van der Waals surface area contributed by atoms with Crippen LogP contribution in [-0.2, 0) is 6.42 Å². The molecule has 0 saturated heterocycles. The van der Waals surface area contributed by atoms with Gasteiger partial charge in [-0.1, -0.05) is 12.1 Å². The molecule has 3 N–H and O–H groups in total. The van der Waals surface area contributed by atoms with Gasteiger partial charge in [0.2, 0.25) is 0 Å². The molecule has 0 spiro atoms. The highest BCUT2D eigenvalue weighted by atomic mass is 19.1. The molecule has 0 aliphatic carbocycles. The Morgan fingerprint density at radius 1 is 1.53 bits per heavy atom. The second-order valence-electron chi connectivity index (χ2n) is 4.98. The number of benzene rings is 1. The molecule has 0 saturated carbocycles. The summed E-state index contributed by atoms with van der Waals surface area (Å²) >= 11 is 0. The zero-order chi connectivity index (χ0) is 13.4. The number of likely N-dealkylation sites (N-methyl/N-ethyl adjacent to an activating group) is 1. The number of nitrogens with zero attached hydrogens (tertiary/aromatic N) is 2. The lowest BCUT2D eigenvalue weighted by atomic mass is 9.92. The SMILES string of the molecule is CN1C(CN)Cc2[nH]cnc2C1c1cccc(F)c1. The fourth-order valence-electron chi connectivity index (χ4n) is 2.83. The van der Waals surface area contributed by atoms with Crippen molar-refractivity contribution in [3.63, 3.8) is 0 Å². The highest BCUT2D eigenvalue weighted by Gasteiger charge is 2.34. The Kier molecular flexibility index (Phi) is 3.08. The third-order valence-electron chi connectivity index (χ3n) is 3.87. The molecule has 0 bridgehead atoms. The summed E-state index contributed by atoms with van der Waals surface area (Å²) in [5, 5.41) is 0. The number of nitrogens with one attached hydrogen (secondary N) is 1. The van der Waals surface area contributed by atoms with Gasteiger partial charge in [-0.25, -0.2) is 9.37 Å².